The molecule has 0 heterocycles. The van der Waals surface area contributed by atoms with Gasteiger partial charge in [0.1, 0.15) is 6.04 Å². The summed E-state index contributed by atoms with van der Waals surface area (Å²) in [5.74, 6) is -1.21. The summed E-state index contributed by atoms with van der Waals surface area (Å²) >= 11 is 0. The Kier molecular flexibility index (Phi) is 3.01. The number of nitrogens with two attached hydrogens (primary N) is 1. The second-order valence-corrected chi connectivity index (χ2v) is 3.12. The van der Waals surface area contributed by atoms with Gasteiger partial charge in [0.25, 0.3) is 5.69 Å². The Morgan fingerprint density at radius 3 is 2.67 bits per heavy atom. The van der Waals surface area contributed by atoms with Crippen LogP contribution in [0.1, 0.15) is 17.2 Å². The highest BCUT2D eigenvalue weighted by molar-refractivity contribution is 5.75. The second kappa shape index (κ2) is 4.05. The second-order valence-electron chi connectivity index (χ2n) is 3.12. The molecule has 0 bridgehead atoms. The number of benzene rings is 1. The van der Waals surface area contributed by atoms with E-state index >= 15 is 0 Å². The van der Waals surface area contributed by atoms with Gasteiger partial charge < -0.3 is 10.8 Å². The molecule has 0 aliphatic carbocycles. The maximum atomic E-state index is 10.6. The van der Waals surface area contributed by atoms with E-state index in [2.05, 4.69) is 0 Å². The Balaban J connectivity index is 3.18. The highest BCUT2D eigenvalue weighted by Crippen LogP contribution is 2.22. The quantitative estimate of drug-likeness (QED) is 0.571. The van der Waals surface area contributed by atoms with Crippen molar-refractivity contribution in [2.75, 3.05) is 0 Å². The molecular weight excluding hydrogens is 200 g/mol. The fraction of sp³-hybridized carbons (Fsp3) is 0.222. The highest BCUT2D eigenvalue weighted by atomic mass is 16.6. The molecule has 0 amide bonds. The molecule has 0 fully saturated rings. The van der Waals surface area contributed by atoms with Crippen molar-refractivity contribution in [2.45, 2.75) is 13.0 Å². The summed E-state index contributed by atoms with van der Waals surface area (Å²) in [4.78, 5) is 20.6. The van der Waals surface area contributed by atoms with Gasteiger partial charge in [0.2, 0.25) is 0 Å². The van der Waals surface area contributed by atoms with Gasteiger partial charge in [-0.15, -0.1) is 0 Å². The predicted octanol–water partition coefficient (Wildman–Crippen LogP) is 0.988. The van der Waals surface area contributed by atoms with E-state index in [1.165, 1.54) is 18.2 Å². The molecule has 1 atom stereocenters. The number of rotatable bonds is 3. The van der Waals surface area contributed by atoms with E-state index in [1.807, 2.05) is 0 Å². The minimum absolute atomic E-state index is 0.121. The zero-order chi connectivity index (χ0) is 11.6. The lowest BCUT2D eigenvalue weighted by molar-refractivity contribution is -0.385. The Labute approximate surface area is 85.5 Å². The highest BCUT2D eigenvalue weighted by Gasteiger charge is 2.18. The van der Waals surface area contributed by atoms with Crippen LogP contribution < -0.4 is 5.73 Å². The molecule has 0 aliphatic rings. The molecular formula is C9H10N2O4. The number of nitro benzene ring substituents is 1. The van der Waals surface area contributed by atoms with Crippen molar-refractivity contribution in [3.05, 3.63) is 39.4 Å². The van der Waals surface area contributed by atoms with Gasteiger partial charge in [-0.05, 0) is 12.5 Å². The summed E-state index contributed by atoms with van der Waals surface area (Å²) in [6, 6.07) is 2.91. The van der Waals surface area contributed by atoms with E-state index in [0.717, 1.165) is 0 Å². The van der Waals surface area contributed by atoms with Crippen molar-refractivity contribution >= 4 is 11.7 Å². The summed E-state index contributed by atoms with van der Waals surface area (Å²) < 4.78 is 0. The molecule has 1 aromatic rings. The molecule has 0 saturated carbocycles. The number of carboxylic acid groups (broad SMARTS) is 1. The number of aliphatic carboxylic acids is 1. The molecule has 3 N–H and O–H groups in total. The number of nitro groups is 1. The van der Waals surface area contributed by atoms with Crippen molar-refractivity contribution < 1.29 is 14.8 Å². The fourth-order valence-corrected chi connectivity index (χ4v) is 1.16. The van der Waals surface area contributed by atoms with Crippen LogP contribution in [-0.4, -0.2) is 16.0 Å². The third-order valence-corrected chi connectivity index (χ3v) is 2.06. The number of carboxylic acids is 1. The van der Waals surface area contributed by atoms with Gasteiger partial charge >= 0.3 is 5.97 Å². The predicted molar refractivity (Wildman–Crippen MR) is 52.4 cm³/mol. The zero-order valence-electron chi connectivity index (χ0n) is 8.01. The van der Waals surface area contributed by atoms with Crippen molar-refractivity contribution in [2.24, 2.45) is 5.73 Å². The molecule has 0 aliphatic heterocycles. The molecule has 0 spiro atoms. The minimum Gasteiger partial charge on any atom is -0.480 e. The van der Waals surface area contributed by atoms with E-state index in [-0.39, 0.29) is 11.3 Å². The van der Waals surface area contributed by atoms with E-state index in [0.29, 0.717) is 5.56 Å². The van der Waals surface area contributed by atoms with Crippen LogP contribution in [0.4, 0.5) is 5.69 Å². The summed E-state index contributed by atoms with van der Waals surface area (Å²) in [7, 11) is 0. The smallest absolute Gasteiger partial charge is 0.325 e. The number of hydrogen-bond acceptors (Lipinski definition) is 4. The molecule has 0 saturated heterocycles. The average molecular weight is 210 g/mol. The first-order valence-corrected chi connectivity index (χ1v) is 4.17. The third kappa shape index (κ3) is 2.29. The first-order chi connectivity index (χ1) is 6.93. The minimum atomic E-state index is -1.23. The van der Waals surface area contributed by atoms with E-state index in [9.17, 15) is 14.9 Å². The van der Waals surface area contributed by atoms with Gasteiger partial charge in [-0.25, -0.2) is 0 Å². The molecule has 80 valence electrons. The molecule has 6 nitrogen and oxygen atoms in total. The molecule has 1 aromatic carbocycles. The van der Waals surface area contributed by atoms with Crippen molar-refractivity contribution in [3.8, 4) is 0 Å². The van der Waals surface area contributed by atoms with E-state index in [4.69, 9.17) is 10.8 Å². The standard InChI is InChI=1S/C9H10N2O4/c1-5-2-3-6(8(10)9(12)13)4-7(5)11(14)15/h2-4,8H,10H2,1H3,(H,12,13). The zero-order valence-corrected chi connectivity index (χ0v) is 8.01. The van der Waals surface area contributed by atoms with Crippen LogP contribution in [0.2, 0.25) is 0 Å². The number of aryl methyl sites for hydroxylation is 1. The van der Waals surface area contributed by atoms with E-state index < -0.39 is 16.9 Å². The molecule has 15 heavy (non-hydrogen) atoms. The maximum absolute atomic E-state index is 10.6. The number of carbonyl (C=O) groups is 1. The molecule has 6 heteroatoms. The van der Waals surface area contributed by atoms with E-state index in [1.54, 1.807) is 6.92 Å². The van der Waals surface area contributed by atoms with Gasteiger partial charge in [-0.2, -0.15) is 0 Å². The lowest BCUT2D eigenvalue weighted by atomic mass is 10.0. The number of hydrogen-bond donors (Lipinski definition) is 2. The first-order valence-electron chi connectivity index (χ1n) is 4.17. The summed E-state index contributed by atoms with van der Waals surface area (Å²) in [5.41, 5.74) is 5.91. The van der Waals surface area contributed by atoms with Gasteiger partial charge in [-0.3, -0.25) is 14.9 Å². The van der Waals surface area contributed by atoms with Crippen molar-refractivity contribution in [3.63, 3.8) is 0 Å². The van der Waals surface area contributed by atoms with Gasteiger partial charge in [0.05, 0.1) is 4.92 Å². The fourth-order valence-electron chi connectivity index (χ4n) is 1.16. The lowest BCUT2D eigenvalue weighted by Crippen LogP contribution is -2.20. The Morgan fingerprint density at radius 2 is 2.20 bits per heavy atom. The van der Waals surface area contributed by atoms with Crippen LogP contribution in [0.5, 0.6) is 0 Å². The van der Waals surface area contributed by atoms with Crippen LogP contribution in [-0.2, 0) is 4.79 Å². The van der Waals surface area contributed by atoms with Crippen molar-refractivity contribution in [1.29, 1.82) is 0 Å². The summed E-state index contributed by atoms with van der Waals surface area (Å²) in [6.07, 6.45) is 0. The topological polar surface area (TPSA) is 106 Å². The maximum Gasteiger partial charge on any atom is 0.325 e. The Hall–Kier alpha value is -1.95. The third-order valence-electron chi connectivity index (χ3n) is 2.06. The Bertz CT molecular complexity index is 417. The van der Waals surface area contributed by atoms with Crippen molar-refractivity contribution in [1.82, 2.24) is 0 Å². The average Bonchev–Trinajstić information content (AvgIpc) is 2.16. The summed E-state index contributed by atoms with van der Waals surface area (Å²) in [5, 5.41) is 19.2. The normalized spacial score (nSPS) is 12.1. The molecule has 0 radical (unpaired) electrons. The SMILES string of the molecule is Cc1ccc(C(N)C(=O)O)cc1[N+](=O)[O-]. The molecule has 1 unspecified atom stereocenters. The van der Waals surface area contributed by atoms with Crippen LogP contribution in [0.3, 0.4) is 0 Å². The first kappa shape index (κ1) is 11.1. The van der Waals surface area contributed by atoms with Gasteiger partial charge in [0, 0.05) is 11.6 Å². The largest absolute Gasteiger partial charge is 0.480 e. The van der Waals surface area contributed by atoms with Crippen LogP contribution in [0.15, 0.2) is 18.2 Å². The van der Waals surface area contributed by atoms with Crippen LogP contribution >= 0.6 is 0 Å². The van der Waals surface area contributed by atoms with Crippen LogP contribution in [0.25, 0.3) is 0 Å². The lowest BCUT2D eigenvalue weighted by Gasteiger charge is -2.06. The molecule has 1 rings (SSSR count). The van der Waals surface area contributed by atoms with Gasteiger partial charge in [-0.1, -0.05) is 12.1 Å². The van der Waals surface area contributed by atoms with Crippen LogP contribution in [0, 0.1) is 17.0 Å². The van der Waals surface area contributed by atoms with Gasteiger partial charge in [0.15, 0.2) is 0 Å². The summed E-state index contributed by atoms with van der Waals surface area (Å²) in [6.45, 7) is 1.58. The number of nitrogens with zero attached hydrogens (tertiary/aromatic N) is 1. The molecule has 0 aromatic heterocycles. The monoisotopic (exact) mass is 210 g/mol. The Morgan fingerprint density at radius 1 is 1.60 bits per heavy atom.